The summed E-state index contributed by atoms with van der Waals surface area (Å²) in [6.45, 7) is 0.709. The van der Waals surface area contributed by atoms with Crippen molar-refractivity contribution in [3.05, 3.63) is 48.2 Å². The molecule has 0 saturated heterocycles. The van der Waals surface area contributed by atoms with Crippen molar-refractivity contribution in [1.29, 1.82) is 0 Å². The summed E-state index contributed by atoms with van der Waals surface area (Å²) in [6, 6.07) is 2.37. The van der Waals surface area contributed by atoms with Crippen molar-refractivity contribution >= 4 is 17.6 Å². The molecule has 4 rings (SSSR count). The summed E-state index contributed by atoms with van der Waals surface area (Å²) in [5.74, 6) is 0.785. The number of ether oxygens (including phenoxy) is 1. The molecule has 0 radical (unpaired) electrons. The molecule has 1 aliphatic heterocycles. The van der Waals surface area contributed by atoms with Gasteiger partial charge in [-0.25, -0.2) is 15.0 Å². The number of hydrogen-bond donors (Lipinski definition) is 2. The van der Waals surface area contributed by atoms with Gasteiger partial charge in [0.25, 0.3) is 0 Å². The van der Waals surface area contributed by atoms with Gasteiger partial charge in [0, 0.05) is 43.3 Å². The molecule has 0 bridgehead atoms. The van der Waals surface area contributed by atoms with Gasteiger partial charge in [-0.1, -0.05) is 0 Å². The van der Waals surface area contributed by atoms with Crippen molar-refractivity contribution in [2.24, 2.45) is 7.05 Å². The van der Waals surface area contributed by atoms with Crippen LogP contribution < -0.4 is 15.4 Å². The van der Waals surface area contributed by atoms with Crippen molar-refractivity contribution in [3.8, 4) is 17.3 Å². The number of anilines is 2. The van der Waals surface area contributed by atoms with Crippen LogP contribution in [0.2, 0.25) is 0 Å². The molecule has 0 amide bonds. The van der Waals surface area contributed by atoms with Gasteiger partial charge in [0.1, 0.15) is 5.82 Å². The second kappa shape index (κ2) is 6.23. The first-order valence-electron chi connectivity index (χ1n) is 7.79. The van der Waals surface area contributed by atoms with Crippen molar-refractivity contribution in [3.63, 3.8) is 0 Å². The summed E-state index contributed by atoms with van der Waals surface area (Å²) in [4.78, 5) is 13.1. The van der Waals surface area contributed by atoms with E-state index in [2.05, 4.69) is 25.7 Å². The summed E-state index contributed by atoms with van der Waals surface area (Å²) in [5, 5.41) is 10.8. The van der Waals surface area contributed by atoms with Gasteiger partial charge < -0.3 is 15.4 Å². The fourth-order valence-electron chi connectivity index (χ4n) is 2.66. The maximum absolute atomic E-state index is 5.02. The summed E-state index contributed by atoms with van der Waals surface area (Å²) in [7, 11) is 3.42. The number of nitrogens with zero attached hydrogens (tertiary/aromatic N) is 5. The van der Waals surface area contributed by atoms with E-state index in [1.54, 1.807) is 30.4 Å². The largest absolute Gasteiger partial charge is 0.467 e. The third-order valence-corrected chi connectivity index (χ3v) is 3.89. The molecule has 0 aromatic carbocycles. The minimum Gasteiger partial charge on any atom is -0.467 e. The van der Waals surface area contributed by atoms with Crippen LogP contribution in [0.5, 0.6) is 6.01 Å². The normalized spacial score (nSPS) is 12.4. The third kappa shape index (κ3) is 3.01. The molecule has 8 heteroatoms. The van der Waals surface area contributed by atoms with Crippen LogP contribution in [0.4, 0.5) is 11.5 Å². The molecule has 0 fully saturated rings. The number of aryl methyl sites for hydroxylation is 1. The van der Waals surface area contributed by atoms with Gasteiger partial charge in [-0.2, -0.15) is 5.10 Å². The quantitative estimate of drug-likeness (QED) is 0.754. The van der Waals surface area contributed by atoms with E-state index >= 15 is 0 Å². The zero-order chi connectivity index (χ0) is 17.2. The summed E-state index contributed by atoms with van der Waals surface area (Å²) in [5.41, 5.74) is 4.70. The van der Waals surface area contributed by atoms with E-state index in [4.69, 9.17) is 9.72 Å². The van der Waals surface area contributed by atoms with Crippen LogP contribution in [0.1, 0.15) is 11.1 Å². The highest BCUT2D eigenvalue weighted by Gasteiger charge is 2.15. The summed E-state index contributed by atoms with van der Waals surface area (Å²) in [6.07, 6.45) is 11.1. The smallest absolute Gasteiger partial charge is 0.316 e. The highest BCUT2D eigenvalue weighted by Crippen LogP contribution is 2.29. The SMILES string of the molecule is COc1ncc(-c2cc3c(c(Nc4cnn(C)c4)n2)CNC=C3)cn1. The Hall–Kier alpha value is -3.42. The maximum atomic E-state index is 5.02. The number of aromatic nitrogens is 5. The van der Waals surface area contributed by atoms with E-state index in [-0.39, 0.29) is 0 Å². The Morgan fingerprint density at radius 1 is 1.24 bits per heavy atom. The minimum absolute atomic E-state index is 0.333. The highest BCUT2D eigenvalue weighted by molar-refractivity contribution is 5.73. The predicted molar refractivity (Wildman–Crippen MR) is 94.2 cm³/mol. The number of nitrogens with one attached hydrogen (secondary N) is 2. The van der Waals surface area contributed by atoms with Gasteiger partial charge in [-0.15, -0.1) is 0 Å². The van der Waals surface area contributed by atoms with E-state index in [9.17, 15) is 0 Å². The first kappa shape index (κ1) is 15.1. The Balaban J connectivity index is 1.77. The van der Waals surface area contributed by atoms with Crippen molar-refractivity contribution in [2.45, 2.75) is 6.54 Å². The van der Waals surface area contributed by atoms with E-state index in [0.717, 1.165) is 33.9 Å². The monoisotopic (exact) mass is 335 g/mol. The topological polar surface area (TPSA) is 89.8 Å². The van der Waals surface area contributed by atoms with Crippen LogP contribution in [0, 0.1) is 0 Å². The van der Waals surface area contributed by atoms with E-state index < -0.39 is 0 Å². The van der Waals surface area contributed by atoms with Crippen molar-refractivity contribution in [1.82, 2.24) is 30.0 Å². The van der Waals surface area contributed by atoms with E-state index in [1.807, 2.05) is 31.6 Å². The lowest BCUT2D eigenvalue weighted by Crippen LogP contribution is -2.14. The van der Waals surface area contributed by atoms with Crippen LogP contribution in [0.15, 0.2) is 37.1 Å². The van der Waals surface area contributed by atoms with Gasteiger partial charge in [0.2, 0.25) is 0 Å². The Morgan fingerprint density at radius 3 is 2.80 bits per heavy atom. The fourth-order valence-corrected chi connectivity index (χ4v) is 2.66. The Bertz CT molecular complexity index is 931. The van der Waals surface area contributed by atoms with Crippen LogP contribution in [0.3, 0.4) is 0 Å². The molecule has 1 aliphatic rings. The molecule has 0 unspecified atom stereocenters. The first-order chi connectivity index (χ1) is 12.2. The lowest BCUT2D eigenvalue weighted by Gasteiger charge is -2.18. The second-order valence-electron chi connectivity index (χ2n) is 5.62. The maximum Gasteiger partial charge on any atom is 0.316 e. The number of rotatable bonds is 4. The second-order valence-corrected chi connectivity index (χ2v) is 5.62. The molecule has 3 aromatic rings. The highest BCUT2D eigenvalue weighted by atomic mass is 16.5. The average Bonchev–Trinajstić information content (AvgIpc) is 3.06. The lowest BCUT2D eigenvalue weighted by atomic mass is 10.0. The molecule has 0 spiro atoms. The Morgan fingerprint density at radius 2 is 2.08 bits per heavy atom. The lowest BCUT2D eigenvalue weighted by molar-refractivity contribution is 0.380. The molecular weight excluding hydrogens is 318 g/mol. The third-order valence-electron chi connectivity index (χ3n) is 3.89. The number of hydrogen-bond acceptors (Lipinski definition) is 7. The summed E-state index contributed by atoms with van der Waals surface area (Å²) < 4.78 is 6.76. The molecular formula is C17H17N7O. The Kier molecular flexibility index (Phi) is 3.77. The fraction of sp³-hybridized carbons (Fsp3) is 0.176. The van der Waals surface area contributed by atoms with Gasteiger partial charge in [-0.3, -0.25) is 4.68 Å². The van der Waals surface area contributed by atoms with Gasteiger partial charge in [0.15, 0.2) is 0 Å². The van der Waals surface area contributed by atoms with Gasteiger partial charge in [-0.05, 0) is 23.9 Å². The average molecular weight is 335 g/mol. The molecule has 2 N–H and O–H groups in total. The molecule has 4 heterocycles. The molecule has 0 aliphatic carbocycles. The van der Waals surface area contributed by atoms with Crippen LogP contribution in [0.25, 0.3) is 17.3 Å². The van der Waals surface area contributed by atoms with E-state index in [1.165, 1.54) is 0 Å². The van der Waals surface area contributed by atoms with Crippen molar-refractivity contribution in [2.75, 3.05) is 12.4 Å². The molecule has 3 aromatic heterocycles. The Labute approximate surface area is 144 Å². The first-order valence-corrected chi connectivity index (χ1v) is 7.79. The van der Waals surface area contributed by atoms with Gasteiger partial charge >= 0.3 is 6.01 Å². The molecule has 126 valence electrons. The standard InChI is InChI=1S/C17H17N7O/c1-24-10-13(8-21-24)22-16-14-9-18-4-3-11(14)5-15(23-16)12-6-19-17(25-2)20-7-12/h3-8,10,18H,9H2,1-2H3,(H,22,23). The zero-order valence-corrected chi connectivity index (χ0v) is 13.9. The summed E-state index contributed by atoms with van der Waals surface area (Å²) >= 11 is 0. The minimum atomic E-state index is 0.333. The predicted octanol–water partition coefficient (Wildman–Crippen LogP) is 2.10. The van der Waals surface area contributed by atoms with E-state index in [0.29, 0.717) is 12.6 Å². The van der Waals surface area contributed by atoms with Crippen LogP contribution in [-0.4, -0.2) is 31.8 Å². The number of fused-ring (bicyclic) bond motifs is 1. The molecule has 8 nitrogen and oxygen atoms in total. The van der Waals surface area contributed by atoms with Gasteiger partial charge in [0.05, 0.1) is 24.7 Å². The molecule has 25 heavy (non-hydrogen) atoms. The zero-order valence-electron chi connectivity index (χ0n) is 13.9. The van der Waals surface area contributed by atoms with Crippen LogP contribution >= 0.6 is 0 Å². The van der Waals surface area contributed by atoms with Crippen LogP contribution in [-0.2, 0) is 13.6 Å². The molecule has 0 saturated carbocycles. The molecule has 0 atom stereocenters. The number of pyridine rings is 1. The number of methoxy groups -OCH3 is 1. The van der Waals surface area contributed by atoms with Crippen molar-refractivity contribution < 1.29 is 4.74 Å².